The number of aryl methyl sites for hydroxylation is 3. The summed E-state index contributed by atoms with van der Waals surface area (Å²) in [5, 5.41) is 4.65. The number of H-pyrrole nitrogens is 1. The Kier molecular flexibility index (Phi) is 4.90. The number of oxazole rings is 1. The predicted molar refractivity (Wildman–Crippen MR) is 94.1 cm³/mol. The van der Waals surface area contributed by atoms with Gasteiger partial charge in [-0.2, -0.15) is 0 Å². The zero-order valence-electron chi connectivity index (χ0n) is 13.8. The van der Waals surface area contributed by atoms with Crippen molar-refractivity contribution < 1.29 is 9.21 Å². The molecule has 0 fully saturated rings. The van der Waals surface area contributed by atoms with E-state index < -0.39 is 0 Å². The van der Waals surface area contributed by atoms with Crippen LogP contribution < -0.4 is 5.32 Å². The van der Waals surface area contributed by atoms with Crippen LogP contribution in [-0.2, 0) is 24.2 Å². The molecule has 2 aromatic heterocycles. The minimum Gasteiger partial charge on any atom is -0.449 e. The largest absolute Gasteiger partial charge is 0.449 e. The standard InChI is InChI=1S/C18H20ClN3O2/c1-3-18(23)20-9-15-6-13-7-16(19)12(8-17(13)22-15)4-5-14-10-24-11(2)21-14/h6-8,10,22H,3-5,9H2,1-2H3,(H,20,23). The van der Waals surface area contributed by atoms with Gasteiger partial charge in [-0.25, -0.2) is 4.98 Å². The van der Waals surface area contributed by atoms with E-state index in [4.69, 9.17) is 16.0 Å². The minimum atomic E-state index is 0.0373. The van der Waals surface area contributed by atoms with Crippen LogP contribution in [0.2, 0.25) is 5.02 Å². The van der Waals surface area contributed by atoms with E-state index in [1.165, 1.54) is 0 Å². The highest BCUT2D eigenvalue weighted by molar-refractivity contribution is 6.32. The monoisotopic (exact) mass is 345 g/mol. The second-order valence-electron chi connectivity index (χ2n) is 5.81. The lowest BCUT2D eigenvalue weighted by molar-refractivity contribution is -0.120. The Morgan fingerprint density at radius 3 is 2.88 bits per heavy atom. The van der Waals surface area contributed by atoms with E-state index in [1.54, 1.807) is 6.26 Å². The van der Waals surface area contributed by atoms with Crippen molar-refractivity contribution in [3.63, 3.8) is 0 Å². The summed E-state index contributed by atoms with van der Waals surface area (Å²) in [6, 6.07) is 6.04. The van der Waals surface area contributed by atoms with Gasteiger partial charge in [0.05, 0.1) is 12.2 Å². The van der Waals surface area contributed by atoms with E-state index in [9.17, 15) is 4.79 Å². The summed E-state index contributed by atoms with van der Waals surface area (Å²) < 4.78 is 5.23. The van der Waals surface area contributed by atoms with Crippen molar-refractivity contribution in [1.82, 2.24) is 15.3 Å². The molecule has 126 valence electrons. The topological polar surface area (TPSA) is 70.9 Å². The molecule has 0 unspecified atom stereocenters. The maximum Gasteiger partial charge on any atom is 0.220 e. The molecule has 6 heteroatoms. The van der Waals surface area contributed by atoms with Crippen molar-refractivity contribution in [2.24, 2.45) is 0 Å². The number of nitrogens with one attached hydrogen (secondary N) is 2. The Morgan fingerprint density at radius 1 is 1.33 bits per heavy atom. The van der Waals surface area contributed by atoms with Crippen LogP contribution in [0.3, 0.4) is 0 Å². The van der Waals surface area contributed by atoms with E-state index in [2.05, 4.69) is 21.4 Å². The van der Waals surface area contributed by atoms with E-state index in [0.29, 0.717) is 18.9 Å². The Bertz CT molecular complexity index is 866. The number of aromatic nitrogens is 2. The molecule has 24 heavy (non-hydrogen) atoms. The van der Waals surface area contributed by atoms with E-state index in [-0.39, 0.29) is 5.91 Å². The number of carbonyl (C=O) groups excluding carboxylic acids is 1. The number of halogens is 1. The highest BCUT2D eigenvalue weighted by Crippen LogP contribution is 2.26. The molecule has 1 aromatic carbocycles. The molecule has 1 amide bonds. The maximum atomic E-state index is 11.4. The number of benzene rings is 1. The third-order valence-electron chi connectivity index (χ3n) is 3.96. The summed E-state index contributed by atoms with van der Waals surface area (Å²) in [6.07, 6.45) is 3.74. The molecular weight excluding hydrogens is 326 g/mol. The first-order valence-corrected chi connectivity index (χ1v) is 8.40. The van der Waals surface area contributed by atoms with Gasteiger partial charge in [-0.3, -0.25) is 4.79 Å². The molecule has 2 N–H and O–H groups in total. The summed E-state index contributed by atoms with van der Waals surface area (Å²) in [4.78, 5) is 19.0. The van der Waals surface area contributed by atoms with Gasteiger partial charge in [0.2, 0.25) is 5.91 Å². The summed E-state index contributed by atoms with van der Waals surface area (Å²) in [6.45, 7) is 4.16. The van der Waals surface area contributed by atoms with Crippen molar-refractivity contribution in [2.45, 2.75) is 39.7 Å². The van der Waals surface area contributed by atoms with Crippen LogP contribution in [-0.4, -0.2) is 15.9 Å². The van der Waals surface area contributed by atoms with Gasteiger partial charge in [-0.1, -0.05) is 18.5 Å². The lowest BCUT2D eigenvalue weighted by atomic mass is 10.1. The summed E-state index contributed by atoms with van der Waals surface area (Å²) in [5.41, 5.74) is 3.98. The van der Waals surface area contributed by atoms with E-state index in [0.717, 1.165) is 45.7 Å². The van der Waals surface area contributed by atoms with Gasteiger partial charge in [0.1, 0.15) is 6.26 Å². The highest BCUT2D eigenvalue weighted by atomic mass is 35.5. The number of hydrogen-bond acceptors (Lipinski definition) is 3. The fourth-order valence-electron chi connectivity index (χ4n) is 2.65. The molecule has 3 aromatic rings. The van der Waals surface area contributed by atoms with Crippen molar-refractivity contribution in [2.75, 3.05) is 0 Å². The SMILES string of the molecule is CCC(=O)NCc1cc2cc(Cl)c(CCc3coc(C)n3)cc2[nH]1. The average molecular weight is 346 g/mol. The fourth-order valence-corrected chi connectivity index (χ4v) is 2.92. The Labute approximate surface area is 145 Å². The second kappa shape index (κ2) is 7.09. The number of hydrogen-bond donors (Lipinski definition) is 2. The quantitative estimate of drug-likeness (QED) is 0.711. The minimum absolute atomic E-state index is 0.0373. The van der Waals surface area contributed by atoms with Crippen LogP contribution in [0, 0.1) is 6.92 Å². The molecule has 0 radical (unpaired) electrons. The lowest BCUT2D eigenvalue weighted by Gasteiger charge is -2.03. The summed E-state index contributed by atoms with van der Waals surface area (Å²) in [5.74, 6) is 0.713. The first-order valence-electron chi connectivity index (χ1n) is 8.03. The molecule has 3 rings (SSSR count). The number of rotatable bonds is 6. The Morgan fingerprint density at radius 2 is 2.17 bits per heavy atom. The molecule has 0 spiro atoms. The third kappa shape index (κ3) is 3.79. The Balaban J connectivity index is 1.74. The highest BCUT2D eigenvalue weighted by Gasteiger charge is 2.09. The first-order chi connectivity index (χ1) is 11.5. The molecule has 0 atom stereocenters. The van der Waals surface area contributed by atoms with Crippen LogP contribution >= 0.6 is 11.6 Å². The number of carbonyl (C=O) groups is 1. The molecule has 0 saturated heterocycles. The molecule has 0 saturated carbocycles. The van der Waals surface area contributed by atoms with E-state index >= 15 is 0 Å². The van der Waals surface area contributed by atoms with Gasteiger partial charge in [0, 0.05) is 35.0 Å². The van der Waals surface area contributed by atoms with Gasteiger partial charge in [0.25, 0.3) is 0 Å². The van der Waals surface area contributed by atoms with Crippen molar-refractivity contribution in [1.29, 1.82) is 0 Å². The molecule has 0 aliphatic heterocycles. The third-order valence-corrected chi connectivity index (χ3v) is 4.31. The predicted octanol–water partition coefficient (Wildman–Crippen LogP) is 3.93. The summed E-state index contributed by atoms with van der Waals surface area (Å²) in [7, 11) is 0. The maximum absolute atomic E-state index is 11.4. The van der Waals surface area contributed by atoms with Gasteiger partial charge < -0.3 is 14.7 Å². The molecule has 2 heterocycles. The van der Waals surface area contributed by atoms with Gasteiger partial charge >= 0.3 is 0 Å². The number of aromatic amines is 1. The number of fused-ring (bicyclic) bond motifs is 1. The Hall–Kier alpha value is -2.27. The number of amides is 1. The van der Waals surface area contributed by atoms with Gasteiger partial charge in [-0.15, -0.1) is 0 Å². The van der Waals surface area contributed by atoms with Gasteiger partial charge in [-0.05, 0) is 36.6 Å². The first kappa shape index (κ1) is 16.6. The van der Waals surface area contributed by atoms with Crippen LogP contribution in [0.4, 0.5) is 0 Å². The molecule has 0 bridgehead atoms. The molecule has 5 nitrogen and oxygen atoms in total. The van der Waals surface area contributed by atoms with Gasteiger partial charge in [0.15, 0.2) is 5.89 Å². The fraction of sp³-hybridized carbons (Fsp3) is 0.333. The smallest absolute Gasteiger partial charge is 0.220 e. The van der Waals surface area contributed by atoms with Crippen molar-refractivity contribution >= 4 is 28.4 Å². The van der Waals surface area contributed by atoms with Crippen molar-refractivity contribution in [3.05, 3.63) is 52.3 Å². The van der Waals surface area contributed by atoms with Crippen LogP contribution in [0.5, 0.6) is 0 Å². The zero-order valence-corrected chi connectivity index (χ0v) is 14.5. The van der Waals surface area contributed by atoms with Crippen LogP contribution in [0.15, 0.2) is 28.9 Å². The normalized spacial score (nSPS) is 11.1. The van der Waals surface area contributed by atoms with Crippen LogP contribution in [0.1, 0.15) is 36.2 Å². The second-order valence-corrected chi connectivity index (χ2v) is 6.22. The molecule has 0 aliphatic carbocycles. The zero-order chi connectivity index (χ0) is 17.1. The summed E-state index contributed by atoms with van der Waals surface area (Å²) >= 11 is 6.41. The number of nitrogens with zero attached hydrogens (tertiary/aromatic N) is 1. The molecular formula is C18H20ClN3O2. The molecule has 0 aliphatic rings. The average Bonchev–Trinajstić information content (AvgIpc) is 3.15. The van der Waals surface area contributed by atoms with E-state index in [1.807, 2.05) is 26.0 Å². The lowest BCUT2D eigenvalue weighted by Crippen LogP contribution is -2.21. The van der Waals surface area contributed by atoms with Crippen LogP contribution in [0.25, 0.3) is 10.9 Å². The van der Waals surface area contributed by atoms with Crippen molar-refractivity contribution in [3.8, 4) is 0 Å².